The highest BCUT2D eigenvalue weighted by atomic mass is 16.5. The van der Waals surface area contributed by atoms with Crippen LogP contribution in [0.25, 0.3) is 0 Å². The first-order valence-corrected chi connectivity index (χ1v) is 3.91. The van der Waals surface area contributed by atoms with Gasteiger partial charge in [-0.25, -0.2) is 0 Å². The van der Waals surface area contributed by atoms with Crippen LogP contribution in [0.2, 0.25) is 0 Å². The van der Waals surface area contributed by atoms with Crippen LogP contribution in [0.5, 0.6) is 0 Å². The average molecular weight is 188 g/mol. The van der Waals surface area contributed by atoms with E-state index in [1.165, 1.54) is 0 Å². The van der Waals surface area contributed by atoms with Crippen molar-refractivity contribution in [3.63, 3.8) is 0 Å². The van der Waals surface area contributed by atoms with E-state index in [2.05, 4.69) is 5.32 Å². The first kappa shape index (κ1) is 9.94. The van der Waals surface area contributed by atoms with Gasteiger partial charge in [-0.15, -0.1) is 0 Å². The van der Waals surface area contributed by atoms with E-state index in [4.69, 9.17) is 10.5 Å². The number of carbonyl (C=O) groups is 2. The van der Waals surface area contributed by atoms with Gasteiger partial charge >= 0.3 is 11.8 Å². The minimum Gasteiger partial charge on any atom is -0.386 e. The number of primary amides is 1. The van der Waals surface area contributed by atoms with E-state index in [0.29, 0.717) is 13.0 Å². The lowest BCUT2D eigenvalue weighted by Crippen LogP contribution is -2.46. The number of hydrogen-bond acceptors (Lipinski definition) is 4. The predicted octanol–water partition coefficient (Wildman–Crippen LogP) is -2.26. The van der Waals surface area contributed by atoms with Crippen molar-refractivity contribution in [2.24, 2.45) is 5.73 Å². The van der Waals surface area contributed by atoms with E-state index in [0.717, 1.165) is 0 Å². The van der Waals surface area contributed by atoms with Crippen molar-refractivity contribution >= 4 is 11.8 Å². The third-order valence-corrected chi connectivity index (χ3v) is 1.88. The Hall–Kier alpha value is -1.14. The smallest absolute Gasteiger partial charge is 0.309 e. The van der Waals surface area contributed by atoms with Gasteiger partial charge in [-0.1, -0.05) is 0 Å². The van der Waals surface area contributed by atoms with Crippen molar-refractivity contribution in [2.75, 3.05) is 19.8 Å². The number of ether oxygens (including phenoxy) is 1. The number of hydrogen-bond donors (Lipinski definition) is 3. The summed E-state index contributed by atoms with van der Waals surface area (Å²) in [5, 5.41) is 11.9. The van der Waals surface area contributed by atoms with Gasteiger partial charge in [0.1, 0.15) is 5.60 Å². The Labute approximate surface area is 75.0 Å². The number of amides is 2. The molecule has 0 spiro atoms. The Morgan fingerprint density at radius 2 is 2.31 bits per heavy atom. The molecule has 0 aromatic heterocycles. The van der Waals surface area contributed by atoms with E-state index < -0.39 is 17.4 Å². The van der Waals surface area contributed by atoms with Gasteiger partial charge in [-0.2, -0.15) is 0 Å². The van der Waals surface area contributed by atoms with Crippen LogP contribution in [-0.2, 0) is 14.3 Å². The number of aliphatic hydroxyl groups is 1. The molecule has 0 unspecified atom stereocenters. The number of nitrogens with one attached hydrogen (secondary N) is 1. The maximum atomic E-state index is 10.7. The second-order valence-electron chi connectivity index (χ2n) is 3.07. The highest BCUT2D eigenvalue weighted by molar-refractivity contribution is 6.34. The number of nitrogens with two attached hydrogens (primary N) is 1. The second kappa shape index (κ2) is 3.71. The van der Waals surface area contributed by atoms with E-state index in [1.54, 1.807) is 0 Å². The molecule has 1 rings (SSSR count). The van der Waals surface area contributed by atoms with Crippen molar-refractivity contribution in [3.8, 4) is 0 Å². The zero-order chi connectivity index (χ0) is 9.90. The molecule has 6 heteroatoms. The lowest BCUT2D eigenvalue weighted by molar-refractivity contribution is -0.138. The van der Waals surface area contributed by atoms with Crippen LogP contribution in [-0.4, -0.2) is 42.3 Å². The van der Waals surface area contributed by atoms with Crippen molar-refractivity contribution in [2.45, 2.75) is 12.0 Å². The van der Waals surface area contributed by atoms with Crippen LogP contribution in [0.1, 0.15) is 6.42 Å². The molecule has 1 fully saturated rings. The van der Waals surface area contributed by atoms with E-state index in [-0.39, 0.29) is 13.2 Å². The van der Waals surface area contributed by atoms with Crippen LogP contribution in [0.3, 0.4) is 0 Å². The van der Waals surface area contributed by atoms with E-state index in [1.807, 2.05) is 0 Å². The SMILES string of the molecule is NC(=O)C(=O)NC[C@@]1(O)CCOC1. The van der Waals surface area contributed by atoms with E-state index >= 15 is 0 Å². The summed E-state index contributed by atoms with van der Waals surface area (Å²) >= 11 is 0. The van der Waals surface area contributed by atoms with Crippen molar-refractivity contribution in [1.29, 1.82) is 0 Å². The Morgan fingerprint density at radius 1 is 1.62 bits per heavy atom. The first-order valence-electron chi connectivity index (χ1n) is 3.91. The fourth-order valence-electron chi connectivity index (χ4n) is 1.07. The summed E-state index contributed by atoms with van der Waals surface area (Å²) in [5.74, 6) is -1.94. The fourth-order valence-corrected chi connectivity index (χ4v) is 1.07. The fraction of sp³-hybridized carbons (Fsp3) is 0.714. The van der Waals surface area contributed by atoms with Gasteiger partial charge in [0.05, 0.1) is 6.61 Å². The molecule has 13 heavy (non-hydrogen) atoms. The number of rotatable bonds is 2. The third kappa shape index (κ3) is 2.67. The van der Waals surface area contributed by atoms with Gasteiger partial charge in [0.25, 0.3) is 0 Å². The highest BCUT2D eigenvalue weighted by Gasteiger charge is 2.32. The number of carbonyl (C=O) groups excluding carboxylic acids is 2. The molecule has 74 valence electrons. The lowest BCUT2D eigenvalue weighted by Gasteiger charge is -2.19. The van der Waals surface area contributed by atoms with Gasteiger partial charge in [0, 0.05) is 19.6 Å². The Kier molecular flexibility index (Phi) is 2.84. The average Bonchev–Trinajstić information content (AvgIpc) is 2.48. The van der Waals surface area contributed by atoms with Crippen LogP contribution in [0.15, 0.2) is 0 Å². The van der Waals surface area contributed by atoms with Gasteiger partial charge in [-0.05, 0) is 0 Å². The molecule has 1 heterocycles. The van der Waals surface area contributed by atoms with Crippen molar-refractivity contribution in [3.05, 3.63) is 0 Å². The van der Waals surface area contributed by atoms with Gasteiger partial charge in [0.2, 0.25) is 0 Å². The molecule has 0 bridgehead atoms. The highest BCUT2D eigenvalue weighted by Crippen LogP contribution is 2.16. The summed E-state index contributed by atoms with van der Waals surface area (Å²) < 4.78 is 4.94. The molecule has 6 nitrogen and oxygen atoms in total. The third-order valence-electron chi connectivity index (χ3n) is 1.88. The molecule has 2 amide bonds. The molecule has 0 aromatic rings. The summed E-state index contributed by atoms with van der Waals surface area (Å²) in [6, 6.07) is 0. The zero-order valence-electron chi connectivity index (χ0n) is 7.08. The summed E-state index contributed by atoms with van der Waals surface area (Å²) in [5.41, 5.74) is 3.65. The van der Waals surface area contributed by atoms with Crippen LogP contribution in [0, 0.1) is 0 Å². The quantitative estimate of drug-likeness (QED) is 0.425. The molecule has 1 atom stereocenters. The van der Waals surface area contributed by atoms with Crippen LogP contribution >= 0.6 is 0 Å². The Morgan fingerprint density at radius 3 is 2.77 bits per heavy atom. The molecular weight excluding hydrogens is 176 g/mol. The molecule has 1 aliphatic heterocycles. The zero-order valence-corrected chi connectivity index (χ0v) is 7.08. The molecule has 0 saturated carbocycles. The Balaban J connectivity index is 2.33. The molecule has 1 aliphatic rings. The summed E-state index contributed by atoms with van der Waals surface area (Å²) in [6.45, 7) is 0.629. The normalized spacial score (nSPS) is 27.2. The molecular formula is C7H12N2O4. The molecule has 1 saturated heterocycles. The molecule has 0 aliphatic carbocycles. The maximum absolute atomic E-state index is 10.7. The first-order chi connectivity index (χ1) is 6.03. The minimum absolute atomic E-state index is 0.00519. The lowest BCUT2D eigenvalue weighted by atomic mass is 10.0. The summed E-state index contributed by atoms with van der Waals surface area (Å²) in [4.78, 5) is 21.0. The monoisotopic (exact) mass is 188 g/mol. The van der Waals surface area contributed by atoms with Gasteiger partial charge in [0.15, 0.2) is 0 Å². The maximum Gasteiger partial charge on any atom is 0.309 e. The van der Waals surface area contributed by atoms with Gasteiger partial charge in [-0.3, -0.25) is 9.59 Å². The predicted molar refractivity (Wildman–Crippen MR) is 42.6 cm³/mol. The topological polar surface area (TPSA) is 102 Å². The van der Waals surface area contributed by atoms with E-state index in [9.17, 15) is 14.7 Å². The van der Waals surface area contributed by atoms with Crippen LogP contribution < -0.4 is 11.1 Å². The summed E-state index contributed by atoms with van der Waals surface area (Å²) in [7, 11) is 0. The molecule has 4 N–H and O–H groups in total. The molecule has 0 aromatic carbocycles. The standard InChI is InChI=1S/C7H12N2O4/c8-5(10)6(11)9-3-7(12)1-2-13-4-7/h12H,1-4H2,(H2,8,10)(H,9,11)/t7-/m0/s1. The van der Waals surface area contributed by atoms with Crippen LogP contribution in [0.4, 0.5) is 0 Å². The van der Waals surface area contributed by atoms with Crippen molar-refractivity contribution in [1.82, 2.24) is 5.32 Å². The summed E-state index contributed by atoms with van der Waals surface area (Å²) in [6.07, 6.45) is 0.450. The molecule has 0 radical (unpaired) electrons. The largest absolute Gasteiger partial charge is 0.386 e. The minimum atomic E-state index is -1.05. The second-order valence-corrected chi connectivity index (χ2v) is 3.07. The Bertz CT molecular complexity index is 223. The van der Waals surface area contributed by atoms with Gasteiger partial charge < -0.3 is 20.9 Å². The van der Waals surface area contributed by atoms with Crippen molar-refractivity contribution < 1.29 is 19.4 Å².